The van der Waals surface area contributed by atoms with Crippen LogP contribution in [0, 0.1) is 0 Å². The number of alkyl halides is 3. The van der Waals surface area contributed by atoms with Gasteiger partial charge in [0.05, 0.1) is 6.54 Å². The topological polar surface area (TPSA) is 72.5 Å². The normalized spacial score (nSPS) is 12.3. The van der Waals surface area contributed by atoms with E-state index in [1.807, 2.05) is 30.5 Å². The van der Waals surface area contributed by atoms with E-state index in [1.165, 1.54) is 7.05 Å². The zero-order valence-corrected chi connectivity index (χ0v) is 14.7. The van der Waals surface area contributed by atoms with Crippen LogP contribution in [0.5, 0.6) is 0 Å². The Bertz CT molecular complexity index is 769. The molecular weight excluding hydrogens is 347 g/mol. The van der Waals surface area contributed by atoms with Gasteiger partial charge >= 0.3 is 6.18 Å². The molecule has 0 spiro atoms. The van der Waals surface area contributed by atoms with Gasteiger partial charge in [0.15, 0.2) is 5.96 Å². The van der Waals surface area contributed by atoms with Crippen LogP contribution in [0.15, 0.2) is 35.5 Å². The van der Waals surface area contributed by atoms with Crippen LogP contribution in [-0.2, 0) is 11.2 Å². The van der Waals surface area contributed by atoms with Crippen molar-refractivity contribution in [3.05, 3.63) is 36.0 Å². The van der Waals surface area contributed by atoms with E-state index in [2.05, 4.69) is 20.6 Å². The Morgan fingerprint density at radius 3 is 2.69 bits per heavy atom. The number of rotatable bonds is 6. The molecule has 26 heavy (non-hydrogen) atoms. The Balaban J connectivity index is 1.78. The number of halogens is 3. The predicted octanol–water partition coefficient (Wildman–Crippen LogP) is 1.90. The second-order valence-electron chi connectivity index (χ2n) is 5.83. The SMILES string of the molecule is CN=C(NCCc1c[nH]c2ccccc12)NCC(=O)N(C)CC(F)(F)F. The first kappa shape index (κ1) is 19.6. The zero-order valence-electron chi connectivity index (χ0n) is 14.7. The van der Waals surface area contributed by atoms with Crippen molar-refractivity contribution in [2.75, 3.05) is 33.7 Å². The van der Waals surface area contributed by atoms with Gasteiger partial charge in [-0.25, -0.2) is 0 Å². The van der Waals surface area contributed by atoms with Crippen molar-refractivity contribution in [2.45, 2.75) is 12.6 Å². The van der Waals surface area contributed by atoms with Crippen LogP contribution in [-0.4, -0.2) is 61.7 Å². The molecule has 6 nitrogen and oxygen atoms in total. The Labute approximate surface area is 149 Å². The molecule has 0 saturated carbocycles. The summed E-state index contributed by atoms with van der Waals surface area (Å²) >= 11 is 0. The molecule has 1 heterocycles. The third-order valence-electron chi connectivity index (χ3n) is 3.83. The van der Waals surface area contributed by atoms with E-state index in [4.69, 9.17) is 0 Å². The highest BCUT2D eigenvalue weighted by molar-refractivity contribution is 5.86. The number of hydrogen-bond acceptors (Lipinski definition) is 2. The molecule has 0 fully saturated rings. The average Bonchev–Trinajstić information content (AvgIpc) is 2.99. The summed E-state index contributed by atoms with van der Waals surface area (Å²) in [6.07, 6.45) is -1.74. The molecule has 0 bridgehead atoms. The molecule has 142 valence electrons. The van der Waals surface area contributed by atoms with Crippen molar-refractivity contribution in [2.24, 2.45) is 4.99 Å². The fourth-order valence-corrected chi connectivity index (χ4v) is 2.53. The van der Waals surface area contributed by atoms with Gasteiger partial charge in [-0.15, -0.1) is 0 Å². The number of aromatic amines is 1. The molecule has 0 aliphatic carbocycles. The van der Waals surface area contributed by atoms with Crippen LogP contribution in [0.1, 0.15) is 5.56 Å². The Morgan fingerprint density at radius 1 is 1.27 bits per heavy atom. The number of carbonyl (C=O) groups is 1. The molecule has 9 heteroatoms. The number of guanidine groups is 1. The smallest absolute Gasteiger partial charge is 0.361 e. The van der Waals surface area contributed by atoms with Crippen molar-refractivity contribution in [3.63, 3.8) is 0 Å². The van der Waals surface area contributed by atoms with Crippen LogP contribution in [0.2, 0.25) is 0 Å². The number of hydrogen-bond donors (Lipinski definition) is 3. The van der Waals surface area contributed by atoms with Gasteiger partial charge in [-0.2, -0.15) is 13.2 Å². The largest absolute Gasteiger partial charge is 0.406 e. The van der Waals surface area contributed by atoms with E-state index in [1.54, 1.807) is 0 Å². The van der Waals surface area contributed by atoms with Crippen LogP contribution < -0.4 is 10.6 Å². The number of carbonyl (C=O) groups excluding carboxylic acids is 1. The molecule has 2 aromatic rings. The summed E-state index contributed by atoms with van der Waals surface area (Å²) in [5.74, 6) is -0.305. The zero-order chi connectivity index (χ0) is 19.2. The van der Waals surface area contributed by atoms with E-state index < -0.39 is 18.6 Å². The summed E-state index contributed by atoms with van der Waals surface area (Å²) in [5, 5.41) is 6.91. The lowest BCUT2D eigenvalue weighted by atomic mass is 10.1. The number of para-hydroxylation sites is 1. The predicted molar refractivity (Wildman–Crippen MR) is 95.1 cm³/mol. The minimum absolute atomic E-state index is 0.265. The lowest BCUT2D eigenvalue weighted by Gasteiger charge is -2.20. The number of aromatic nitrogens is 1. The highest BCUT2D eigenvalue weighted by atomic mass is 19.4. The summed E-state index contributed by atoms with van der Waals surface area (Å²) in [7, 11) is 2.65. The molecule has 1 aromatic carbocycles. The quantitative estimate of drug-likeness (QED) is 0.538. The number of aliphatic imine (C=N–C) groups is 1. The maximum absolute atomic E-state index is 12.3. The second kappa shape index (κ2) is 8.59. The maximum Gasteiger partial charge on any atom is 0.406 e. The molecule has 0 aliphatic rings. The van der Waals surface area contributed by atoms with E-state index in [0.717, 1.165) is 29.9 Å². The van der Waals surface area contributed by atoms with Crippen LogP contribution in [0.3, 0.4) is 0 Å². The standard InChI is InChI=1S/C17H22F3N5O/c1-21-16(24-10-15(26)25(2)11-17(18,19)20)22-8-7-12-9-23-14-6-4-3-5-13(12)14/h3-6,9,23H,7-8,10-11H2,1-2H3,(H2,21,22,24). The average molecular weight is 369 g/mol. The first-order valence-electron chi connectivity index (χ1n) is 8.10. The van der Waals surface area contributed by atoms with Gasteiger partial charge in [-0.05, 0) is 18.1 Å². The molecular formula is C17H22F3N5O. The molecule has 3 N–H and O–H groups in total. The number of amides is 1. The molecule has 0 saturated heterocycles. The highest BCUT2D eigenvalue weighted by Crippen LogP contribution is 2.17. The summed E-state index contributed by atoms with van der Waals surface area (Å²) in [5.41, 5.74) is 2.20. The lowest BCUT2D eigenvalue weighted by Crippen LogP contribution is -2.45. The van der Waals surface area contributed by atoms with E-state index in [9.17, 15) is 18.0 Å². The highest BCUT2D eigenvalue weighted by Gasteiger charge is 2.31. The van der Waals surface area contributed by atoms with E-state index >= 15 is 0 Å². The summed E-state index contributed by atoms with van der Waals surface area (Å²) in [6.45, 7) is -0.979. The molecule has 0 atom stereocenters. The van der Waals surface area contributed by atoms with Gasteiger partial charge in [-0.3, -0.25) is 9.79 Å². The first-order valence-corrected chi connectivity index (χ1v) is 8.10. The van der Waals surface area contributed by atoms with Crippen molar-refractivity contribution in [1.82, 2.24) is 20.5 Å². The van der Waals surface area contributed by atoms with Gasteiger partial charge < -0.3 is 20.5 Å². The Hall–Kier alpha value is -2.71. The second-order valence-corrected chi connectivity index (χ2v) is 5.83. The van der Waals surface area contributed by atoms with Crippen molar-refractivity contribution in [3.8, 4) is 0 Å². The van der Waals surface area contributed by atoms with Crippen LogP contribution >= 0.6 is 0 Å². The molecule has 0 radical (unpaired) electrons. The molecule has 0 aliphatic heterocycles. The van der Waals surface area contributed by atoms with E-state index in [-0.39, 0.29) is 6.54 Å². The van der Waals surface area contributed by atoms with Gasteiger partial charge in [0.1, 0.15) is 6.54 Å². The third-order valence-corrected chi connectivity index (χ3v) is 3.83. The summed E-state index contributed by atoms with van der Waals surface area (Å²) in [4.78, 5) is 19.5. The Morgan fingerprint density at radius 2 is 2.00 bits per heavy atom. The number of H-pyrrole nitrogens is 1. The minimum atomic E-state index is -4.41. The lowest BCUT2D eigenvalue weighted by molar-refractivity contribution is -0.157. The van der Waals surface area contributed by atoms with Crippen molar-refractivity contribution < 1.29 is 18.0 Å². The van der Waals surface area contributed by atoms with Gasteiger partial charge in [0.2, 0.25) is 5.91 Å². The number of fused-ring (bicyclic) bond motifs is 1. The monoisotopic (exact) mass is 369 g/mol. The molecule has 1 aromatic heterocycles. The fraction of sp³-hybridized carbons (Fsp3) is 0.412. The maximum atomic E-state index is 12.3. The van der Waals surface area contributed by atoms with Gasteiger partial charge in [-0.1, -0.05) is 18.2 Å². The van der Waals surface area contributed by atoms with Crippen molar-refractivity contribution in [1.29, 1.82) is 0 Å². The number of benzene rings is 1. The number of nitrogens with one attached hydrogen (secondary N) is 3. The summed E-state index contributed by atoms with van der Waals surface area (Å²) in [6, 6.07) is 7.95. The van der Waals surface area contributed by atoms with Crippen LogP contribution in [0.4, 0.5) is 13.2 Å². The Kier molecular flexibility index (Phi) is 6.48. The molecule has 2 rings (SSSR count). The van der Waals surface area contributed by atoms with E-state index in [0.29, 0.717) is 17.4 Å². The number of nitrogens with zero attached hydrogens (tertiary/aromatic N) is 2. The summed E-state index contributed by atoms with van der Waals surface area (Å²) < 4.78 is 36.9. The number of likely N-dealkylation sites (N-methyl/N-ethyl adjacent to an activating group) is 1. The van der Waals surface area contributed by atoms with Crippen molar-refractivity contribution >= 4 is 22.8 Å². The minimum Gasteiger partial charge on any atom is -0.361 e. The van der Waals surface area contributed by atoms with Gasteiger partial charge in [0.25, 0.3) is 0 Å². The molecule has 1 amide bonds. The third kappa shape index (κ3) is 5.68. The first-order chi connectivity index (χ1) is 12.3. The van der Waals surface area contributed by atoms with Crippen LogP contribution in [0.25, 0.3) is 10.9 Å². The molecule has 0 unspecified atom stereocenters. The van der Waals surface area contributed by atoms with Gasteiger partial charge in [0, 0.05) is 37.7 Å². The fourth-order valence-electron chi connectivity index (χ4n) is 2.53.